The van der Waals surface area contributed by atoms with Gasteiger partial charge in [0.05, 0.1) is 11.7 Å². The van der Waals surface area contributed by atoms with Crippen molar-refractivity contribution >= 4 is 11.0 Å². The standard InChI is InChI=1S/C12H18N4/c1-4-16-10-5-6-14-8-9(10)15-11(16)7-12(2,3)13/h5-6,8H,4,7,13H2,1-3H3. The summed E-state index contributed by atoms with van der Waals surface area (Å²) in [5.41, 5.74) is 7.89. The largest absolute Gasteiger partial charge is 0.328 e. The molecule has 86 valence electrons. The van der Waals surface area contributed by atoms with E-state index in [1.807, 2.05) is 19.9 Å². The Balaban J connectivity index is 2.52. The van der Waals surface area contributed by atoms with Gasteiger partial charge in [-0.15, -0.1) is 0 Å². The Hall–Kier alpha value is -1.42. The smallest absolute Gasteiger partial charge is 0.111 e. The summed E-state index contributed by atoms with van der Waals surface area (Å²) in [5.74, 6) is 1.04. The van der Waals surface area contributed by atoms with Crippen LogP contribution in [0.25, 0.3) is 11.0 Å². The first kappa shape index (κ1) is 11.1. The summed E-state index contributed by atoms with van der Waals surface area (Å²) in [7, 11) is 0. The van der Waals surface area contributed by atoms with Crippen molar-refractivity contribution in [3.05, 3.63) is 24.3 Å². The minimum absolute atomic E-state index is 0.234. The van der Waals surface area contributed by atoms with Crippen molar-refractivity contribution in [3.63, 3.8) is 0 Å². The molecule has 0 aliphatic carbocycles. The fourth-order valence-electron chi connectivity index (χ4n) is 1.93. The number of rotatable bonds is 3. The van der Waals surface area contributed by atoms with E-state index in [9.17, 15) is 0 Å². The summed E-state index contributed by atoms with van der Waals surface area (Å²) >= 11 is 0. The first-order chi connectivity index (χ1) is 7.51. The Kier molecular flexibility index (Phi) is 2.68. The van der Waals surface area contributed by atoms with Crippen molar-refractivity contribution in [1.29, 1.82) is 0 Å². The van der Waals surface area contributed by atoms with Gasteiger partial charge in [0.2, 0.25) is 0 Å². The van der Waals surface area contributed by atoms with Crippen LogP contribution in [-0.4, -0.2) is 20.1 Å². The number of nitrogens with zero attached hydrogens (tertiary/aromatic N) is 3. The molecular formula is C12H18N4. The second kappa shape index (κ2) is 3.87. The van der Waals surface area contributed by atoms with Crippen molar-refractivity contribution < 1.29 is 0 Å². The fraction of sp³-hybridized carbons (Fsp3) is 0.500. The van der Waals surface area contributed by atoms with E-state index in [2.05, 4.69) is 21.5 Å². The third kappa shape index (κ3) is 2.07. The quantitative estimate of drug-likeness (QED) is 0.853. The normalized spacial score (nSPS) is 12.2. The molecule has 2 heterocycles. The van der Waals surface area contributed by atoms with Gasteiger partial charge in [-0.1, -0.05) is 0 Å². The van der Waals surface area contributed by atoms with Crippen LogP contribution in [0.3, 0.4) is 0 Å². The number of fused-ring (bicyclic) bond motifs is 1. The van der Waals surface area contributed by atoms with Gasteiger partial charge in [-0.3, -0.25) is 4.98 Å². The lowest BCUT2D eigenvalue weighted by Gasteiger charge is -2.18. The van der Waals surface area contributed by atoms with Gasteiger partial charge in [0.1, 0.15) is 11.3 Å². The van der Waals surface area contributed by atoms with Crippen molar-refractivity contribution in [2.24, 2.45) is 5.73 Å². The van der Waals surface area contributed by atoms with Gasteiger partial charge in [-0.25, -0.2) is 4.98 Å². The number of nitrogens with two attached hydrogens (primary N) is 1. The minimum atomic E-state index is -0.234. The summed E-state index contributed by atoms with van der Waals surface area (Å²) in [5, 5.41) is 0. The highest BCUT2D eigenvalue weighted by Crippen LogP contribution is 2.17. The minimum Gasteiger partial charge on any atom is -0.328 e. The summed E-state index contributed by atoms with van der Waals surface area (Å²) < 4.78 is 2.20. The average molecular weight is 218 g/mol. The van der Waals surface area contributed by atoms with Crippen LogP contribution in [0.15, 0.2) is 18.5 Å². The Morgan fingerprint density at radius 2 is 2.19 bits per heavy atom. The van der Waals surface area contributed by atoms with E-state index in [0.29, 0.717) is 0 Å². The van der Waals surface area contributed by atoms with Crippen LogP contribution in [0.2, 0.25) is 0 Å². The van der Waals surface area contributed by atoms with Crippen molar-refractivity contribution in [1.82, 2.24) is 14.5 Å². The number of hydrogen-bond acceptors (Lipinski definition) is 3. The van der Waals surface area contributed by atoms with E-state index in [1.165, 1.54) is 0 Å². The Morgan fingerprint density at radius 3 is 2.81 bits per heavy atom. The van der Waals surface area contributed by atoms with Gasteiger partial charge in [0.25, 0.3) is 0 Å². The van der Waals surface area contributed by atoms with Crippen LogP contribution in [0, 0.1) is 0 Å². The Bertz CT molecular complexity index is 493. The van der Waals surface area contributed by atoms with Crippen molar-refractivity contribution in [2.45, 2.75) is 39.3 Å². The van der Waals surface area contributed by atoms with E-state index >= 15 is 0 Å². The van der Waals surface area contributed by atoms with Crippen molar-refractivity contribution in [3.8, 4) is 0 Å². The monoisotopic (exact) mass is 218 g/mol. The zero-order valence-corrected chi connectivity index (χ0v) is 10.1. The van der Waals surface area contributed by atoms with Crippen LogP contribution in [-0.2, 0) is 13.0 Å². The molecule has 2 aromatic heterocycles. The lowest BCUT2D eigenvalue weighted by Crippen LogP contribution is -2.35. The maximum atomic E-state index is 6.04. The van der Waals surface area contributed by atoms with E-state index in [4.69, 9.17) is 5.73 Å². The highest BCUT2D eigenvalue weighted by atomic mass is 15.1. The zero-order chi connectivity index (χ0) is 11.8. The lowest BCUT2D eigenvalue weighted by molar-refractivity contribution is 0.490. The molecule has 0 radical (unpaired) electrons. The van der Waals surface area contributed by atoms with Crippen molar-refractivity contribution in [2.75, 3.05) is 0 Å². The number of imidazole rings is 1. The molecule has 0 aliphatic rings. The predicted molar refractivity (Wildman–Crippen MR) is 65.2 cm³/mol. The molecule has 0 aromatic carbocycles. The van der Waals surface area contributed by atoms with Crippen LogP contribution >= 0.6 is 0 Å². The van der Waals surface area contributed by atoms with E-state index in [-0.39, 0.29) is 5.54 Å². The molecule has 0 aliphatic heterocycles. The molecule has 0 saturated heterocycles. The molecule has 2 rings (SSSR count). The fourth-order valence-corrected chi connectivity index (χ4v) is 1.93. The second-order valence-corrected chi connectivity index (χ2v) is 4.80. The van der Waals surface area contributed by atoms with Gasteiger partial charge >= 0.3 is 0 Å². The van der Waals surface area contributed by atoms with Gasteiger partial charge in [0, 0.05) is 24.7 Å². The summed E-state index contributed by atoms with van der Waals surface area (Å²) in [4.78, 5) is 8.68. The molecule has 0 atom stereocenters. The summed E-state index contributed by atoms with van der Waals surface area (Å²) in [6.45, 7) is 7.07. The molecule has 4 nitrogen and oxygen atoms in total. The Labute approximate surface area is 95.5 Å². The number of hydrogen-bond donors (Lipinski definition) is 1. The SMILES string of the molecule is CCn1c(CC(C)(C)N)nc2cnccc21. The summed E-state index contributed by atoms with van der Waals surface area (Å²) in [6, 6.07) is 2.00. The lowest BCUT2D eigenvalue weighted by atomic mass is 10.0. The van der Waals surface area contributed by atoms with Gasteiger partial charge in [0.15, 0.2) is 0 Å². The van der Waals surface area contributed by atoms with E-state index in [0.717, 1.165) is 29.8 Å². The summed E-state index contributed by atoms with van der Waals surface area (Å²) in [6.07, 6.45) is 4.37. The molecule has 2 N–H and O–H groups in total. The van der Waals surface area contributed by atoms with Crippen LogP contribution in [0.1, 0.15) is 26.6 Å². The molecule has 4 heteroatoms. The maximum Gasteiger partial charge on any atom is 0.111 e. The number of aryl methyl sites for hydroxylation is 1. The Morgan fingerprint density at radius 1 is 1.44 bits per heavy atom. The van der Waals surface area contributed by atoms with Gasteiger partial charge < -0.3 is 10.3 Å². The highest BCUT2D eigenvalue weighted by molar-refractivity contribution is 5.74. The molecule has 0 saturated carbocycles. The molecule has 2 aromatic rings. The number of pyridine rings is 1. The van der Waals surface area contributed by atoms with Crippen LogP contribution in [0.5, 0.6) is 0 Å². The molecule has 0 bridgehead atoms. The molecule has 0 unspecified atom stereocenters. The molecular weight excluding hydrogens is 200 g/mol. The van der Waals surface area contributed by atoms with Crippen LogP contribution < -0.4 is 5.73 Å². The molecule has 0 fully saturated rings. The molecule has 0 spiro atoms. The van der Waals surface area contributed by atoms with Gasteiger partial charge in [-0.05, 0) is 26.8 Å². The van der Waals surface area contributed by atoms with E-state index < -0.39 is 0 Å². The second-order valence-electron chi connectivity index (χ2n) is 4.80. The molecule has 0 amide bonds. The third-order valence-corrected chi connectivity index (χ3v) is 2.56. The van der Waals surface area contributed by atoms with E-state index in [1.54, 1.807) is 12.4 Å². The number of aromatic nitrogens is 3. The maximum absolute atomic E-state index is 6.04. The zero-order valence-electron chi connectivity index (χ0n) is 10.1. The molecule has 16 heavy (non-hydrogen) atoms. The first-order valence-electron chi connectivity index (χ1n) is 5.59. The third-order valence-electron chi connectivity index (χ3n) is 2.56. The first-order valence-corrected chi connectivity index (χ1v) is 5.59. The predicted octanol–water partition coefficient (Wildman–Crippen LogP) is 1.73. The highest BCUT2D eigenvalue weighted by Gasteiger charge is 2.17. The van der Waals surface area contributed by atoms with Gasteiger partial charge in [-0.2, -0.15) is 0 Å². The van der Waals surface area contributed by atoms with Crippen LogP contribution in [0.4, 0.5) is 0 Å². The topological polar surface area (TPSA) is 56.7 Å². The average Bonchev–Trinajstić information content (AvgIpc) is 2.51.